The normalized spacial score (nSPS) is 11.0. The van der Waals surface area contributed by atoms with Crippen LogP contribution in [0.1, 0.15) is 17.4 Å². The van der Waals surface area contributed by atoms with Crippen molar-refractivity contribution in [3.63, 3.8) is 0 Å². The quantitative estimate of drug-likeness (QED) is 0.777. The van der Waals surface area contributed by atoms with Gasteiger partial charge >= 0.3 is 0 Å². The zero-order valence-corrected chi connectivity index (χ0v) is 11.6. The largest absolute Gasteiger partial charge is 0.460 e. The second-order valence-corrected chi connectivity index (χ2v) is 4.74. The molecule has 0 fully saturated rings. The van der Waals surface area contributed by atoms with Gasteiger partial charge in [0.05, 0.1) is 19.3 Å². The minimum Gasteiger partial charge on any atom is -0.460 e. The summed E-state index contributed by atoms with van der Waals surface area (Å²) in [7, 11) is 0. The summed E-state index contributed by atoms with van der Waals surface area (Å²) in [6, 6.07) is 10.00. The molecule has 3 aromatic rings. The van der Waals surface area contributed by atoms with E-state index < -0.39 is 0 Å². The molecule has 1 aromatic carbocycles. The van der Waals surface area contributed by atoms with Crippen LogP contribution >= 0.6 is 0 Å². The lowest BCUT2D eigenvalue weighted by molar-refractivity contribution is 0.433. The molecule has 0 saturated carbocycles. The number of halogens is 1. The molecule has 4 nitrogen and oxygen atoms in total. The van der Waals surface area contributed by atoms with E-state index >= 15 is 0 Å². The van der Waals surface area contributed by atoms with Gasteiger partial charge in [-0.2, -0.15) is 0 Å². The Labute approximate surface area is 121 Å². The summed E-state index contributed by atoms with van der Waals surface area (Å²) >= 11 is 0. The smallest absolute Gasteiger partial charge is 0.208 e. The van der Waals surface area contributed by atoms with Crippen molar-refractivity contribution in [3.8, 4) is 11.3 Å². The molecule has 0 aliphatic carbocycles. The predicted octanol–water partition coefficient (Wildman–Crippen LogP) is 3.67. The third-order valence-electron chi connectivity index (χ3n) is 3.03. The number of aryl methyl sites for hydroxylation is 1. The fraction of sp³-hybridized carbons (Fsp3) is 0.188. The van der Waals surface area contributed by atoms with Gasteiger partial charge < -0.3 is 14.2 Å². The summed E-state index contributed by atoms with van der Waals surface area (Å²) in [6.45, 7) is 2.97. The molecule has 0 bridgehead atoms. The molecule has 108 valence electrons. The first-order valence-electron chi connectivity index (χ1n) is 6.67. The monoisotopic (exact) mass is 286 g/mol. The van der Waals surface area contributed by atoms with Gasteiger partial charge in [0.25, 0.3) is 0 Å². The molecule has 0 unspecified atom stereocenters. The summed E-state index contributed by atoms with van der Waals surface area (Å²) in [5.74, 6) is 2.71. The van der Waals surface area contributed by atoms with Crippen LogP contribution in [0.3, 0.4) is 0 Å². The first-order chi connectivity index (χ1) is 10.2. The van der Waals surface area contributed by atoms with Crippen LogP contribution in [-0.2, 0) is 13.1 Å². The lowest BCUT2D eigenvalue weighted by Crippen LogP contribution is -2.12. The van der Waals surface area contributed by atoms with Crippen LogP contribution in [0.15, 0.2) is 51.4 Å². The number of oxazole rings is 1. The molecular formula is C16H15FN2O2. The molecule has 2 aromatic heterocycles. The van der Waals surface area contributed by atoms with Crippen molar-refractivity contribution in [1.82, 2.24) is 10.3 Å². The van der Waals surface area contributed by atoms with Crippen molar-refractivity contribution in [2.75, 3.05) is 0 Å². The van der Waals surface area contributed by atoms with Crippen LogP contribution in [0, 0.1) is 12.7 Å². The fourth-order valence-electron chi connectivity index (χ4n) is 2.02. The molecule has 0 amide bonds. The number of aromatic nitrogens is 1. The molecule has 1 N–H and O–H groups in total. The first-order valence-corrected chi connectivity index (χ1v) is 6.67. The molecule has 2 heterocycles. The van der Waals surface area contributed by atoms with E-state index in [2.05, 4.69) is 10.3 Å². The number of nitrogens with zero attached hydrogens (tertiary/aromatic N) is 1. The number of benzene rings is 1. The summed E-state index contributed by atoms with van der Waals surface area (Å²) in [5, 5.41) is 3.20. The summed E-state index contributed by atoms with van der Waals surface area (Å²) in [4.78, 5) is 4.11. The second kappa shape index (κ2) is 5.93. The Kier molecular flexibility index (Phi) is 3.83. The van der Waals surface area contributed by atoms with Crippen molar-refractivity contribution >= 4 is 0 Å². The van der Waals surface area contributed by atoms with E-state index in [-0.39, 0.29) is 5.82 Å². The van der Waals surface area contributed by atoms with Crippen molar-refractivity contribution in [2.45, 2.75) is 20.0 Å². The lowest BCUT2D eigenvalue weighted by atomic mass is 10.2. The minimum atomic E-state index is -0.256. The summed E-state index contributed by atoms with van der Waals surface area (Å²) in [6.07, 6.45) is 1.69. The second-order valence-electron chi connectivity index (χ2n) is 4.74. The zero-order valence-electron chi connectivity index (χ0n) is 11.6. The first kappa shape index (κ1) is 13.6. The lowest BCUT2D eigenvalue weighted by Gasteiger charge is -2.00. The van der Waals surface area contributed by atoms with Gasteiger partial charge in [-0.25, -0.2) is 9.37 Å². The average Bonchev–Trinajstić information content (AvgIpc) is 3.09. The van der Waals surface area contributed by atoms with Gasteiger partial charge in [-0.1, -0.05) is 0 Å². The van der Waals surface area contributed by atoms with Gasteiger partial charge in [0, 0.05) is 5.56 Å². The van der Waals surface area contributed by atoms with E-state index in [1.54, 1.807) is 18.3 Å². The molecule has 0 saturated heterocycles. The maximum Gasteiger partial charge on any atom is 0.208 e. The maximum absolute atomic E-state index is 12.9. The highest BCUT2D eigenvalue weighted by atomic mass is 19.1. The van der Waals surface area contributed by atoms with E-state index in [0.29, 0.717) is 19.0 Å². The molecule has 0 aliphatic heterocycles. The van der Waals surface area contributed by atoms with Crippen molar-refractivity contribution in [1.29, 1.82) is 0 Å². The highest BCUT2D eigenvalue weighted by Gasteiger charge is 2.06. The van der Waals surface area contributed by atoms with E-state index in [0.717, 1.165) is 22.8 Å². The van der Waals surface area contributed by atoms with Crippen molar-refractivity contribution in [2.24, 2.45) is 0 Å². The van der Waals surface area contributed by atoms with Crippen LogP contribution in [-0.4, -0.2) is 4.98 Å². The molecule has 5 heteroatoms. The Balaban J connectivity index is 1.59. The number of rotatable bonds is 5. The fourth-order valence-corrected chi connectivity index (χ4v) is 2.02. The average molecular weight is 286 g/mol. The Hall–Kier alpha value is -2.40. The Bertz CT molecular complexity index is 716. The number of hydrogen-bond acceptors (Lipinski definition) is 4. The van der Waals surface area contributed by atoms with Gasteiger partial charge in [-0.15, -0.1) is 0 Å². The zero-order chi connectivity index (χ0) is 14.7. The SMILES string of the molecule is Cc1cnc(CNCc2ccc(-c3ccc(F)cc3)o2)o1. The van der Waals surface area contributed by atoms with Crippen LogP contribution in [0.5, 0.6) is 0 Å². The Morgan fingerprint density at radius 1 is 1.05 bits per heavy atom. The van der Waals surface area contributed by atoms with E-state index in [1.807, 2.05) is 19.1 Å². The molecule has 0 atom stereocenters. The van der Waals surface area contributed by atoms with Crippen LogP contribution in [0.4, 0.5) is 4.39 Å². The molecule has 3 rings (SSSR count). The molecule has 21 heavy (non-hydrogen) atoms. The van der Waals surface area contributed by atoms with Gasteiger partial charge in [-0.3, -0.25) is 0 Å². The molecule has 0 aliphatic rings. The third kappa shape index (κ3) is 3.38. The Morgan fingerprint density at radius 3 is 2.57 bits per heavy atom. The molecule has 0 radical (unpaired) electrons. The summed E-state index contributed by atoms with van der Waals surface area (Å²) < 4.78 is 24.0. The van der Waals surface area contributed by atoms with Gasteiger partial charge in [0.1, 0.15) is 23.1 Å². The third-order valence-corrected chi connectivity index (χ3v) is 3.03. The van der Waals surface area contributed by atoms with Crippen molar-refractivity contribution in [3.05, 3.63) is 65.8 Å². The highest BCUT2D eigenvalue weighted by molar-refractivity contribution is 5.57. The van der Waals surface area contributed by atoms with E-state index in [9.17, 15) is 4.39 Å². The minimum absolute atomic E-state index is 0.256. The number of hydrogen-bond donors (Lipinski definition) is 1. The molecular weight excluding hydrogens is 271 g/mol. The summed E-state index contributed by atoms with van der Waals surface area (Å²) in [5.41, 5.74) is 0.853. The maximum atomic E-state index is 12.9. The highest BCUT2D eigenvalue weighted by Crippen LogP contribution is 2.22. The number of furan rings is 1. The van der Waals surface area contributed by atoms with Gasteiger partial charge in [0.15, 0.2) is 0 Å². The van der Waals surface area contributed by atoms with Gasteiger partial charge in [0.2, 0.25) is 5.89 Å². The van der Waals surface area contributed by atoms with Gasteiger partial charge in [-0.05, 0) is 43.3 Å². The predicted molar refractivity (Wildman–Crippen MR) is 75.9 cm³/mol. The number of nitrogens with one attached hydrogen (secondary N) is 1. The standard InChI is InChI=1S/C16H15FN2O2/c1-11-8-19-16(20-11)10-18-9-14-6-7-15(21-14)12-2-4-13(17)5-3-12/h2-8,18H,9-10H2,1H3. The van der Waals surface area contributed by atoms with Crippen LogP contribution in [0.2, 0.25) is 0 Å². The van der Waals surface area contributed by atoms with E-state index in [4.69, 9.17) is 8.83 Å². The van der Waals surface area contributed by atoms with Crippen molar-refractivity contribution < 1.29 is 13.2 Å². The van der Waals surface area contributed by atoms with E-state index in [1.165, 1.54) is 12.1 Å². The Morgan fingerprint density at radius 2 is 1.86 bits per heavy atom. The molecule has 0 spiro atoms. The van der Waals surface area contributed by atoms with Crippen LogP contribution in [0.25, 0.3) is 11.3 Å². The topological polar surface area (TPSA) is 51.2 Å². The van der Waals surface area contributed by atoms with Crippen LogP contribution < -0.4 is 5.32 Å².